The summed E-state index contributed by atoms with van der Waals surface area (Å²) < 4.78 is 36.4. The minimum atomic E-state index is -4.11. The first-order valence-corrected chi connectivity index (χ1v) is 5.69. The van der Waals surface area contributed by atoms with E-state index in [9.17, 15) is 13.2 Å². The molecule has 0 aromatic rings. The minimum absolute atomic E-state index is 0.0106. The molecule has 0 fully saturated rings. The molecule has 0 aromatic carbocycles. The number of likely N-dealkylation sites (N-methyl/N-ethyl adjacent to an activating group) is 1. The third-order valence-electron chi connectivity index (χ3n) is 3.54. The smallest absolute Gasteiger partial charge is 0.326 e. The van der Waals surface area contributed by atoms with Crippen LogP contribution in [-0.2, 0) is 0 Å². The van der Waals surface area contributed by atoms with Gasteiger partial charge in [0.1, 0.15) is 0 Å². The van der Waals surface area contributed by atoms with Crippen LogP contribution in [0.2, 0.25) is 0 Å². The number of alkyl halides is 3. The highest BCUT2D eigenvalue weighted by molar-refractivity contribution is 4.95. The molecule has 0 bridgehead atoms. The van der Waals surface area contributed by atoms with E-state index in [2.05, 4.69) is 0 Å². The summed E-state index contributed by atoms with van der Waals surface area (Å²) in [7, 11) is 3.75. The molecule has 0 radical (unpaired) electrons. The summed E-state index contributed by atoms with van der Waals surface area (Å²) in [4.78, 5) is 1.95. The van der Waals surface area contributed by atoms with E-state index >= 15 is 0 Å². The molecular weight excluding hydrogens is 217 g/mol. The third-order valence-corrected chi connectivity index (χ3v) is 3.54. The summed E-state index contributed by atoms with van der Waals surface area (Å²) in [5.74, 6) is 0. The van der Waals surface area contributed by atoms with Gasteiger partial charge in [0, 0.05) is 18.0 Å². The lowest BCUT2D eigenvalue weighted by molar-refractivity contribution is -0.138. The Morgan fingerprint density at radius 2 is 1.56 bits per heavy atom. The normalized spacial score (nSPS) is 15.6. The molecule has 0 aromatic heterocycles. The van der Waals surface area contributed by atoms with Gasteiger partial charge in [0.25, 0.3) is 0 Å². The summed E-state index contributed by atoms with van der Waals surface area (Å²) in [6, 6.07) is -0.445. The molecule has 0 aliphatic heterocycles. The Balaban J connectivity index is 4.57. The minimum Gasteiger partial charge on any atom is -0.326 e. The van der Waals surface area contributed by atoms with Gasteiger partial charge in [-0.1, -0.05) is 13.8 Å². The van der Waals surface area contributed by atoms with Crippen LogP contribution >= 0.6 is 0 Å². The van der Waals surface area contributed by atoms with Crippen LogP contribution in [0.3, 0.4) is 0 Å². The van der Waals surface area contributed by atoms with Crippen molar-refractivity contribution in [3.8, 4) is 0 Å². The zero-order valence-electron chi connectivity index (χ0n) is 10.6. The van der Waals surface area contributed by atoms with Crippen LogP contribution in [0.4, 0.5) is 13.2 Å². The molecular formula is C11H23F3N2. The van der Waals surface area contributed by atoms with Crippen LogP contribution in [0.1, 0.15) is 39.5 Å². The molecule has 2 nitrogen and oxygen atoms in total. The second-order valence-electron chi connectivity index (χ2n) is 4.47. The molecule has 0 aliphatic rings. The monoisotopic (exact) mass is 240 g/mol. The van der Waals surface area contributed by atoms with E-state index in [0.29, 0.717) is 0 Å². The molecule has 0 saturated heterocycles. The fourth-order valence-electron chi connectivity index (χ4n) is 2.33. The summed E-state index contributed by atoms with van der Waals surface area (Å²) in [5.41, 5.74) is 5.61. The number of hydrogen-bond donors (Lipinski definition) is 1. The first-order valence-electron chi connectivity index (χ1n) is 5.69. The van der Waals surface area contributed by atoms with Crippen molar-refractivity contribution < 1.29 is 13.2 Å². The van der Waals surface area contributed by atoms with Crippen LogP contribution in [0.5, 0.6) is 0 Å². The van der Waals surface area contributed by atoms with Crippen molar-refractivity contribution in [2.45, 2.75) is 57.3 Å². The maximum absolute atomic E-state index is 12.1. The van der Waals surface area contributed by atoms with Crippen LogP contribution in [0.25, 0.3) is 0 Å². The number of halogens is 3. The van der Waals surface area contributed by atoms with E-state index in [1.54, 1.807) is 0 Å². The SMILES string of the molecule is CCC(CC)(C(N)CCC(F)(F)F)N(C)C. The maximum Gasteiger partial charge on any atom is 0.389 e. The van der Waals surface area contributed by atoms with Crippen molar-refractivity contribution in [1.29, 1.82) is 0 Å². The van der Waals surface area contributed by atoms with Crippen molar-refractivity contribution in [1.82, 2.24) is 4.90 Å². The summed E-state index contributed by atoms with van der Waals surface area (Å²) in [6.07, 6.45) is -3.41. The summed E-state index contributed by atoms with van der Waals surface area (Å²) in [6.45, 7) is 3.94. The van der Waals surface area contributed by atoms with Crippen molar-refractivity contribution in [2.24, 2.45) is 5.73 Å². The van der Waals surface area contributed by atoms with Crippen LogP contribution < -0.4 is 5.73 Å². The van der Waals surface area contributed by atoms with Gasteiger partial charge in [-0.05, 0) is 33.4 Å². The van der Waals surface area contributed by atoms with Gasteiger partial charge in [0.15, 0.2) is 0 Å². The van der Waals surface area contributed by atoms with E-state index in [0.717, 1.165) is 12.8 Å². The van der Waals surface area contributed by atoms with Gasteiger partial charge in [0.05, 0.1) is 0 Å². The van der Waals surface area contributed by atoms with E-state index < -0.39 is 18.6 Å². The average Bonchev–Trinajstić information content (AvgIpc) is 2.16. The molecule has 0 aliphatic carbocycles. The highest BCUT2D eigenvalue weighted by atomic mass is 19.4. The fraction of sp³-hybridized carbons (Fsp3) is 1.00. The van der Waals surface area contributed by atoms with Gasteiger partial charge in [-0.2, -0.15) is 13.2 Å². The summed E-state index contributed by atoms with van der Waals surface area (Å²) in [5, 5.41) is 0. The Labute approximate surface area is 96.0 Å². The Morgan fingerprint density at radius 1 is 1.12 bits per heavy atom. The number of nitrogens with zero attached hydrogens (tertiary/aromatic N) is 1. The quantitative estimate of drug-likeness (QED) is 0.773. The van der Waals surface area contributed by atoms with E-state index in [1.807, 2.05) is 32.8 Å². The predicted octanol–water partition coefficient (Wildman–Crippen LogP) is 2.78. The van der Waals surface area contributed by atoms with Gasteiger partial charge >= 0.3 is 6.18 Å². The Bertz CT molecular complexity index is 198. The third kappa shape index (κ3) is 3.94. The average molecular weight is 240 g/mol. The molecule has 5 heteroatoms. The van der Waals surface area contributed by atoms with Crippen LogP contribution in [0.15, 0.2) is 0 Å². The van der Waals surface area contributed by atoms with Gasteiger partial charge < -0.3 is 10.6 Å². The van der Waals surface area contributed by atoms with E-state index in [-0.39, 0.29) is 12.0 Å². The second kappa shape index (κ2) is 5.87. The van der Waals surface area contributed by atoms with Crippen molar-refractivity contribution in [3.05, 3.63) is 0 Å². The molecule has 16 heavy (non-hydrogen) atoms. The molecule has 2 N–H and O–H groups in total. The van der Waals surface area contributed by atoms with Crippen LogP contribution in [0, 0.1) is 0 Å². The van der Waals surface area contributed by atoms with Crippen LogP contribution in [-0.4, -0.2) is 36.8 Å². The largest absolute Gasteiger partial charge is 0.389 e. The Hall–Kier alpha value is -0.290. The Morgan fingerprint density at radius 3 is 1.81 bits per heavy atom. The number of nitrogens with two attached hydrogens (primary N) is 1. The first-order chi connectivity index (χ1) is 7.19. The molecule has 1 atom stereocenters. The molecule has 0 rings (SSSR count). The topological polar surface area (TPSA) is 29.3 Å². The lowest BCUT2D eigenvalue weighted by Crippen LogP contribution is -2.56. The molecule has 0 spiro atoms. The molecule has 98 valence electrons. The zero-order chi connectivity index (χ0) is 13.0. The van der Waals surface area contributed by atoms with Gasteiger partial charge in [-0.15, -0.1) is 0 Å². The highest BCUT2D eigenvalue weighted by Gasteiger charge is 2.38. The summed E-state index contributed by atoms with van der Waals surface area (Å²) >= 11 is 0. The zero-order valence-corrected chi connectivity index (χ0v) is 10.6. The fourth-order valence-corrected chi connectivity index (χ4v) is 2.33. The van der Waals surface area contributed by atoms with Crippen molar-refractivity contribution in [2.75, 3.05) is 14.1 Å². The number of hydrogen-bond acceptors (Lipinski definition) is 2. The lowest BCUT2D eigenvalue weighted by Gasteiger charge is -2.43. The maximum atomic E-state index is 12.1. The molecule has 0 saturated carbocycles. The molecule has 1 unspecified atom stereocenters. The van der Waals surface area contributed by atoms with E-state index in [1.165, 1.54) is 0 Å². The second-order valence-corrected chi connectivity index (χ2v) is 4.47. The van der Waals surface area contributed by atoms with Crippen molar-refractivity contribution >= 4 is 0 Å². The highest BCUT2D eigenvalue weighted by Crippen LogP contribution is 2.30. The first kappa shape index (κ1) is 15.7. The molecule has 0 amide bonds. The molecule has 0 heterocycles. The van der Waals surface area contributed by atoms with E-state index in [4.69, 9.17) is 5.73 Å². The van der Waals surface area contributed by atoms with Gasteiger partial charge in [0.2, 0.25) is 0 Å². The van der Waals surface area contributed by atoms with Crippen molar-refractivity contribution in [3.63, 3.8) is 0 Å². The standard InChI is InChI=1S/C11H23F3N2/c1-5-10(6-2,16(3)4)9(15)7-8-11(12,13)14/h9H,5-8,15H2,1-4H3. The van der Waals surface area contributed by atoms with Gasteiger partial charge in [-0.25, -0.2) is 0 Å². The lowest BCUT2D eigenvalue weighted by atomic mass is 9.81. The van der Waals surface area contributed by atoms with Gasteiger partial charge in [-0.3, -0.25) is 0 Å². The predicted molar refractivity (Wildman–Crippen MR) is 60.3 cm³/mol. The Kier molecular flexibility index (Phi) is 5.76. The number of rotatable bonds is 6.